The van der Waals surface area contributed by atoms with Crippen LogP contribution in [-0.4, -0.2) is 22.5 Å². The fourth-order valence-corrected chi connectivity index (χ4v) is 2.78. The Balaban J connectivity index is 2.19. The number of hydrogen-bond donors (Lipinski definition) is 2. The van der Waals surface area contributed by atoms with Gasteiger partial charge in [0.25, 0.3) is 5.91 Å². The molecule has 1 aromatic carbocycles. The minimum Gasteiger partial charge on any atom is -0.481 e. The van der Waals surface area contributed by atoms with Crippen molar-refractivity contribution in [1.29, 1.82) is 0 Å². The van der Waals surface area contributed by atoms with E-state index in [1.807, 2.05) is 0 Å². The Morgan fingerprint density at radius 1 is 1.42 bits per heavy atom. The van der Waals surface area contributed by atoms with Crippen LogP contribution in [0.25, 0.3) is 0 Å². The summed E-state index contributed by atoms with van der Waals surface area (Å²) in [6, 6.07) is 4.26. The van der Waals surface area contributed by atoms with Gasteiger partial charge >= 0.3 is 5.97 Å². The van der Waals surface area contributed by atoms with Gasteiger partial charge in [0.1, 0.15) is 5.82 Å². The Labute approximate surface area is 118 Å². The average molecular weight is 330 g/mol. The number of benzene rings is 1. The number of carbonyl (C=O) groups excluding carboxylic acids is 1. The van der Waals surface area contributed by atoms with Gasteiger partial charge in [-0.3, -0.25) is 9.59 Å². The first-order valence-electron chi connectivity index (χ1n) is 5.92. The van der Waals surface area contributed by atoms with Crippen LogP contribution in [0.1, 0.15) is 36.0 Å². The first-order valence-corrected chi connectivity index (χ1v) is 6.71. The van der Waals surface area contributed by atoms with E-state index >= 15 is 0 Å². The van der Waals surface area contributed by atoms with Gasteiger partial charge in [0.05, 0.1) is 17.5 Å². The number of carbonyl (C=O) groups is 2. The molecule has 1 aliphatic carbocycles. The zero-order valence-corrected chi connectivity index (χ0v) is 11.7. The number of amides is 1. The lowest BCUT2D eigenvalue weighted by atomic mass is 9.74. The third kappa shape index (κ3) is 2.94. The van der Waals surface area contributed by atoms with Gasteiger partial charge in [-0.25, -0.2) is 4.39 Å². The maximum atomic E-state index is 13.7. The topological polar surface area (TPSA) is 66.4 Å². The van der Waals surface area contributed by atoms with Crippen LogP contribution >= 0.6 is 15.9 Å². The Kier molecular flexibility index (Phi) is 3.89. The van der Waals surface area contributed by atoms with Crippen molar-refractivity contribution in [2.24, 2.45) is 0 Å². The van der Waals surface area contributed by atoms with Gasteiger partial charge in [0, 0.05) is 4.47 Å². The Hall–Kier alpha value is -1.43. The molecule has 102 valence electrons. The molecule has 0 unspecified atom stereocenters. The largest absolute Gasteiger partial charge is 0.481 e. The summed E-state index contributed by atoms with van der Waals surface area (Å²) in [5.74, 6) is -2.17. The molecule has 0 radical (unpaired) electrons. The third-order valence-electron chi connectivity index (χ3n) is 3.37. The summed E-state index contributed by atoms with van der Waals surface area (Å²) in [5, 5.41) is 11.5. The van der Waals surface area contributed by atoms with Gasteiger partial charge in [-0.15, -0.1) is 0 Å². The van der Waals surface area contributed by atoms with E-state index in [-0.39, 0.29) is 12.0 Å². The van der Waals surface area contributed by atoms with E-state index in [2.05, 4.69) is 21.2 Å². The molecule has 4 nitrogen and oxygen atoms in total. The van der Waals surface area contributed by atoms with Crippen LogP contribution in [-0.2, 0) is 4.79 Å². The quantitative estimate of drug-likeness (QED) is 0.892. The predicted octanol–water partition coefficient (Wildman–Crippen LogP) is 2.72. The molecule has 6 heteroatoms. The first kappa shape index (κ1) is 14.0. The Bertz CT molecular complexity index is 508. The standard InChI is InChI=1S/C13H13BrFNO3/c14-8-3-1-4-9(15)11(8)12(19)16-13(5-2-6-13)7-10(17)18/h1,3-4H,2,5-7H2,(H,16,19)(H,17,18). The molecule has 2 N–H and O–H groups in total. The van der Waals surface area contributed by atoms with Crippen molar-refractivity contribution in [2.75, 3.05) is 0 Å². The van der Waals surface area contributed by atoms with Crippen molar-refractivity contribution in [1.82, 2.24) is 5.32 Å². The van der Waals surface area contributed by atoms with Crippen LogP contribution in [0, 0.1) is 5.82 Å². The summed E-state index contributed by atoms with van der Waals surface area (Å²) in [7, 11) is 0. The van der Waals surface area contributed by atoms with Crippen LogP contribution < -0.4 is 5.32 Å². The summed E-state index contributed by atoms with van der Waals surface area (Å²) in [5.41, 5.74) is -0.816. The van der Waals surface area contributed by atoms with Crippen molar-refractivity contribution >= 4 is 27.8 Å². The second-order valence-corrected chi connectivity index (χ2v) is 5.61. The SMILES string of the molecule is O=C(O)CC1(NC(=O)c2c(F)cccc2Br)CCC1. The highest BCUT2D eigenvalue weighted by molar-refractivity contribution is 9.10. The number of carboxylic acids is 1. The summed E-state index contributed by atoms with van der Waals surface area (Å²) in [4.78, 5) is 22.9. The maximum Gasteiger partial charge on any atom is 0.305 e. The molecule has 1 fully saturated rings. The highest BCUT2D eigenvalue weighted by atomic mass is 79.9. The maximum absolute atomic E-state index is 13.7. The molecule has 1 aromatic rings. The molecule has 0 heterocycles. The van der Waals surface area contributed by atoms with Gasteiger partial charge in [-0.2, -0.15) is 0 Å². The van der Waals surface area contributed by atoms with Gasteiger partial charge < -0.3 is 10.4 Å². The number of hydrogen-bond acceptors (Lipinski definition) is 2. The summed E-state index contributed by atoms with van der Waals surface area (Å²) < 4.78 is 14.0. The van der Waals surface area contributed by atoms with E-state index < -0.39 is 23.2 Å². The minimum absolute atomic E-state index is 0.0841. The van der Waals surface area contributed by atoms with Crippen molar-refractivity contribution < 1.29 is 19.1 Å². The lowest BCUT2D eigenvalue weighted by Crippen LogP contribution is -2.54. The molecule has 0 spiro atoms. The van der Waals surface area contributed by atoms with Crippen LogP contribution in [0.15, 0.2) is 22.7 Å². The molecule has 19 heavy (non-hydrogen) atoms. The fourth-order valence-electron chi connectivity index (χ4n) is 2.26. The lowest BCUT2D eigenvalue weighted by molar-refractivity contribution is -0.139. The zero-order valence-electron chi connectivity index (χ0n) is 10.1. The van der Waals surface area contributed by atoms with E-state index in [4.69, 9.17) is 5.11 Å². The van der Waals surface area contributed by atoms with Crippen molar-refractivity contribution in [3.63, 3.8) is 0 Å². The van der Waals surface area contributed by atoms with Crippen LogP contribution in [0.2, 0.25) is 0 Å². The number of nitrogens with one attached hydrogen (secondary N) is 1. The van der Waals surface area contributed by atoms with Gasteiger partial charge in [-0.05, 0) is 47.3 Å². The first-order chi connectivity index (χ1) is 8.93. The molecule has 2 rings (SSSR count). The van der Waals surface area contributed by atoms with Crippen molar-refractivity contribution in [3.05, 3.63) is 34.1 Å². The molecular weight excluding hydrogens is 317 g/mol. The third-order valence-corrected chi connectivity index (χ3v) is 4.03. The molecule has 0 bridgehead atoms. The zero-order chi connectivity index (χ0) is 14.0. The van der Waals surface area contributed by atoms with E-state index in [9.17, 15) is 14.0 Å². The minimum atomic E-state index is -0.965. The van der Waals surface area contributed by atoms with E-state index in [1.165, 1.54) is 12.1 Å². The summed E-state index contributed by atoms with van der Waals surface area (Å²) in [6.45, 7) is 0. The molecule has 0 atom stereocenters. The lowest BCUT2D eigenvalue weighted by Gasteiger charge is -2.41. The number of rotatable bonds is 4. The molecule has 0 saturated heterocycles. The highest BCUT2D eigenvalue weighted by Crippen LogP contribution is 2.35. The fraction of sp³-hybridized carbons (Fsp3) is 0.385. The van der Waals surface area contributed by atoms with Crippen LogP contribution in [0.5, 0.6) is 0 Å². The smallest absolute Gasteiger partial charge is 0.305 e. The normalized spacial score (nSPS) is 16.5. The summed E-state index contributed by atoms with van der Waals surface area (Å²) >= 11 is 3.13. The second kappa shape index (κ2) is 5.28. The summed E-state index contributed by atoms with van der Waals surface area (Å²) in [6.07, 6.45) is 1.95. The predicted molar refractivity (Wildman–Crippen MR) is 70.4 cm³/mol. The van der Waals surface area contributed by atoms with Gasteiger partial charge in [0.2, 0.25) is 0 Å². The molecule has 1 amide bonds. The Morgan fingerprint density at radius 3 is 2.58 bits per heavy atom. The van der Waals surface area contributed by atoms with Gasteiger partial charge in [-0.1, -0.05) is 6.07 Å². The molecule has 1 saturated carbocycles. The van der Waals surface area contributed by atoms with Crippen LogP contribution in [0.4, 0.5) is 4.39 Å². The molecular formula is C13H13BrFNO3. The Morgan fingerprint density at radius 2 is 2.11 bits per heavy atom. The van der Waals surface area contributed by atoms with E-state index in [0.717, 1.165) is 6.42 Å². The molecule has 0 aromatic heterocycles. The second-order valence-electron chi connectivity index (χ2n) is 4.76. The average Bonchev–Trinajstić information content (AvgIpc) is 2.25. The molecule has 0 aliphatic heterocycles. The van der Waals surface area contributed by atoms with Crippen molar-refractivity contribution in [2.45, 2.75) is 31.2 Å². The number of aliphatic carboxylic acids is 1. The number of halogens is 2. The molecule has 1 aliphatic rings. The van der Waals surface area contributed by atoms with E-state index in [1.54, 1.807) is 6.07 Å². The van der Waals surface area contributed by atoms with Crippen molar-refractivity contribution in [3.8, 4) is 0 Å². The monoisotopic (exact) mass is 329 g/mol. The number of carboxylic acid groups (broad SMARTS) is 1. The van der Waals surface area contributed by atoms with E-state index in [0.29, 0.717) is 17.3 Å². The van der Waals surface area contributed by atoms with Crippen LogP contribution in [0.3, 0.4) is 0 Å². The van der Waals surface area contributed by atoms with Gasteiger partial charge in [0.15, 0.2) is 0 Å². The highest BCUT2D eigenvalue weighted by Gasteiger charge is 2.41.